The first kappa shape index (κ1) is 12.7. The van der Waals surface area contributed by atoms with Crippen molar-refractivity contribution < 1.29 is 0 Å². The summed E-state index contributed by atoms with van der Waals surface area (Å²) in [6, 6.07) is 7.87. The van der Waals surface area contributed by atoms with Gasteiger partial charge in [0.15, 0.2) is 0 Å². The van der Waals surface area contributed by atoms with Crippen LogP contribution in [0.2, 0.25) is 0 Å². The van der Waals surface area contributed by atoms with Crippen LogP contribution in [0.15, 0.2) is 36.7 Å². The molecule has 4 aromatic heterocycles. The number of anilines is 1. The van der Waals surface area contributed by atoms with Gasteiger partial charge in [0.05, 0.1) is 11.2 Å². The average Bonchev–Trinajstić information content (AvgIpc) is 2.82. The summed E-state index contributed by atoms with van der Waals surface area (Å²) < 4.78 is 1.87. The molecule has 0 amide bonds. The smallest absolute Gasteiger partial charge is 0.206 e. The minimum atomic E-state index is 0.414. The maximum absolute atomic E-state index is 6.07. The van der Waals surface area contributed by atoms with Gasteiger partial charge in [0, 0.05) is 29.0 Å². The van der Waals surface area contributed by atoms with E-state index in [-0.39, 0.29) is 0 Å². The number of hydrogen-bond acceptors (Lipinski definition) is 5. The molecule has 0 saturated carbocycles. The molecule has 0 radical (unpaired) electrons. The van der Waals surface area contributed by atoms with Crippen LogP contribution in [0.4, 0.5) is 5.95 Å². The first-order chi connectivity index (χ1) is 10.6. The summed E-state index contributed by atoms with van der Waals surface area (Å²) in [5.41, 5.74) is 10.6. The standard InChI is InChI=1S/C16H14N6/c1-9-3-4-11-14(12-5-7-18-10(2)21-12)13-6-8-19-16(17)22(13)15(11)20-9/h3-8H,1-2H3,(H2,17,19). The number of fused-ring (bicyclic) bond motifs is 3. The second kappa shape index (κ2) is 4.49. The second-order valence-corrected chi connectivity index (χ2v) is 5.21. The molecule has 0 spiro atoms. The fourth-order valence-electron chi connectivity index (χ4n) is 2.77. The number of rotatable bonds is 1. The number of aryl methyl sites for hydroxylation is 2. The highest BCUT2D eigenvalue weighted by atomic mass is 15.1. The molecule has 4 heterocycles. The number of hydrogen-bond donors (Lipinski definition) is 1. The van der Waals surface area contributed by atoms with Crippen LogP contribution in [0.25, 0.3) is 27.8 Å². The molecule has 4 aromatic rings. The summed E-state index contributed by atoms with van der Waals surface area (Å²) in [5.74, 6) is 1.14. The van der Waals surface area contributed by atoms with Gasteiger partial charge in [-0.3, -0.25) is 4.40 Å². The van der Waals surface area contributed by atoms with E-state index in [1.807, 2.05) is 36.4 Å². The molecule has 22 heavy (non-hydrogen) atoms. The molecule has 0 saturated heterocycles. The topological polar surface area (TPSA) is 82.0 Å². The van der Waals surface area contributed by atoms with Crippen molar-refractivity contribution in [2.45, 2.75) is 13.8 Å². The van der Waals surface area contributed by atoms with Crippen LogP contribution >= 0.6 is 0 Å². The van der Waals surface area contributed by atoms with Gasteiger partial charge in [-0.1, -0.05) is 0 Å². The van der Waals surface area contributed by atoms with E-state index >= 15 is 0 Å². The third-order valence-electron chi connectivity index (χ3n) is 3.69. The van der Waals surface area contributed by atoms with Gasteiger partial charge in [-0.15, -0.1) is 0 Å². The van der Waals surface area contributed by atoms with Crippen LogP contribution < -0.4 is 5.73 Å². The lowest BCUT2D eigenvalue weighted by Gasteiger charge is -2.02. The molecule has 0 aliphatic rings. The summed E-state index contributed by atoms with van der Waals surface area (Å²) in [4.78, 5) is 17.5. The van der Waals surface area contributed by atoms with Crippen LogP contribution in [0.5, 0.6) is 0 Å². The second-order valence-electron chi connectivity index (χ2n) is 5.21. The van der Waals surface area contributed by atoms with Crippen molar-refractivity contribution in [3.63, 3.8) is 0 Å². The van der Waals surface area contributed by atoms with Gasteiger partial charge >= 0.3 is 0 Å². The quantitative estimate of drug-likeness (QED) is 0.582. The van der Waals surface area contributed by atoms with Crippen molar-refractivity contribution in [3.8, 4) is 11.3 Å². The molecular formula is C16H14N6. The first-order valence-corrected chi connectivity index (χ1v) is 6.97. The van der Waals surface area contributed by atoms with Crippen LogP contribution in [0.1, 0.15) is 11.5 Å². The third-order valence-corrected chi connectivity index (χ3v) is 3.69. The Morgan fingerprint density at radius 1 is 0.955 bits per heavy atom. The predicted molar refractivity (Wildman–Crippen MR) is 85.4 cm³/mol. The van der Waals surface area contributed by atoms with Crippen LogP contribution in [-0.2, 0) is 0 Å². The Bertz CT molecular complexity index is 1020. The highest BCUT2D eigenvalue weighted by Crippen LogP contribution is 2.34. The largest absolute Gasteiger partial charge is 0.369 e. The van der Waals surface area contributed by atoms with Crippen LogP contribution in [-0.4, -0.2) is 24.3 Å². The average molecular weight is 290 g/mol. The molecule has 0 aromatic carbocycles. The van der Waals surface area contributed by atoms with Gasteiger partial charge in [-0.2, -0.15) is 0 Å². The maximum Gasteiger partial charge on any atom is 0.206 e. The molecule has 4 rings (SSSR count). The molecule has 0 unspecified atom stereocenters. The lowest BCUT2D eigenvalue weighted by atomic mass is 10.1. The van der Waals surface area contributed by atoms with E-state index in [0.29, 0.717) is 5.95 Å². The molecular weight excluding hydrogens is 276 g/mol. The van der Waals surface area contributed by atoms with Crippen molar-refractivity contribution in [1.82, 2.24) is 24.3 Å². The Morgan fingerprint density at radius 3 is 2.59 bits per heavy atom. The molecule has 6 heteroatoms. The number of pyridine rings is 1. The fraction of sp³-hybridized carbons (Fsp3) is 0.125. The zero-order valence-electron chi connectivity index (χ0n) is 12.3. The highest BCUT2D eigenvalue weighted by molar-refractivity contribution is 6.04. The summed E-state index contributed by atoms with van der Waals surface area (Å²) in [5, 5.41) is 1.00. The normalized spacial score (nSPS) is 11.4. The molecule has 0 fully saturated rings. The maximum atomic E-state index is 6.07. The Hall–Kier alpha value is -3.02. The van der Waals surface area contributed by atoms with E-state index in [4.69, 9.17) is 5.73 Å². The molecule has 6 nitrogen and oxygen atoms in total. The number of nitrogen functional groups attached to an aromatic ring is 1. The number of nitrogens with zero attached hydrogens (tertiary/aromatic N) is 5. The SMILES string of the molecule is Cc1ccc2c(-c3ccnc(C)n3)c3ccnc(N)n3c2n1. The van der Waals surface area contributed by atoms with E-state index in [2.05, 4.69) is 26.0 Å². The van der Waals surface area contributed by atoms with Crippen molar-refractivity contribution >= 4 is 22.5 Å². The van der Waals surface area contributed by atoms with Gasteiger partial charge in [-0.05, 0) is 38.1 Å². The number of nitrogens with two attached hydrogens (primary N) is 1. The molecule has 108 valence electrons. The summed E-state index contributed by atoms with van der Waals surface area (Å²) in [6.45, 7) is 3.84. The summed E-state index contributed by atoms with van der Waals surface area (Å²) in [7, 11) is 0. The minimum Gasteiger partial charge on any atom is -0.369 e. The van der Waals surface area contributed by atoms with E-state index in [0.717, 1.165) is 39.3 Å². The number of aromatic nitrogens is 5. The predicted octanol–water partition coefficient (Wildman–Crippen LogP) is 2.54. The molecule has 0 atom stereocenters. The van der Waals surface area contributed by atoms with Crippen molar-refractivity contribution in [3.05, 3.63) is 48.2 Å². The zero-order chi connectivity index (χ0) is 15.3. The van der Waals surface area contributed by atoms with Crippen LogP contribution in [0.3, 0.4) is 0 Å². The monoisotopic (exact) mass is 290 g/mol. The zero-order valence-corrected chi connectivity index (χ0v) is 12.3. The van der Waals surface area contributed by atoms with E-state index < -0.39 is 0 Å². The van der Waals surface area contributed by atoms with Crippen molar-refractivity contribution in [1.29, 1.82) is 0 Å². The van der Waals surface area contributed by atoms with Gasteiger partial charge in [0.25, 0.3) is 0 Å². The molecule has 0 bridgehead atoms. The summed E-state index contributed by atoms with van der Waals surface area (Å²) >= 11 is 0. The Morgan fingerprint density at radius 2 is 1.77 bits per heavy atom. The van der Waals surface area contributed by atoms with Gasteiger partial charge < -0.3 is 5.73 Å². The van der Waals surface area contributed by atoms with Gasteiger partial charge in [0.2, 0.25) is 5.95 Å². The lowest BCUT2D eigenvalue weighted by Crippen LogP contribution is -2.00. The Kier molecular flexibility index (Phi) is 2.59. The highest BCUT2D eigenvalue weighted by Gasteiger charge is 2.17. The van der Waals surface area contributed by atoms with E-state index in [9.17, 15) is 0 Å². The fourth-order valence-corrected chi connectivity index (χ4v) is 2.77. The van der Waals surface area contributed by atoms with Crippen molar-refractivity contribution in [2.75, 3.05) is 5.73 Å². The molecule has 2 N–H and O–H groups in total. The Labute approximate surface area is 126 Å². The van der Waals surface area contributed by atoms with Crippen molar-refractivity contribution in [2.24, 2.45) is 0 Å². The summed E-state index contributed by atoms with van der Waals surface area (Å²) in [6.07, 6.45) is 3.47. The third kappa shape index (κ3) is 1.74. The minimum absolute atomic E-state index is 0.414. The van der Waals surface area contributed by atoms with Gasteiger partial charge in [0.1, 0.15) is 11.5 Å². The van der Waals surface area contributed by atoms with E-state index in [1.165, 1.54) is 0 Å². The Balaban J connectivity index is 2.23. The molecule has 0 aliphatic carbocycles. The first-order valence-electron chi connectivity index (χ1n) is 6.97. The van der Waals surface area contributed by atoms with Crippen LogP contribution in [0, 0.1) is 13.8 Å². The molecule has 0 aliphatic heterocycles. The van der Waals surface area contributed by atoms with Gasteiger partial charge in [-0.25, -0.2) is 19.9 Å². The van der Waals surface area contributed by atoms with E-state index in [1.54, 1.807) is 12.4 Å². The lowest BCUT2D eigenvalue weighted by molar-refractivity contribution is 1.06.